The van der Waals surface area contributed by atoms with Crippen LogP contribution in [-0.4, -0.2) is 28.9 Å². The largest absolute Gasteiger partial charge is 0.321 e. The molecule has 0 aliphatic carbocycles. The molecule has 42 heavy (non-hydrogen) atoms. The Kier molecular flexibility index (Phi) is 8.54. The van der Waals surface area contributed by atoms with Crippen molar-refractivity contribution in [2.24, 2.45) is 0 Å². The Hall–Kier alpha value is -5.09. The Morgan fingerprint density at radius 1 is 0.833 bits per heavy atom. The van der Waals surface area contributed by atoms with Crippen molar-refractivity contribution in [3.63, 3.8) is 0 Å². The Morgan fingerprint density at radius 3 is 2.19 bits per heavy atom. The SMILES string of the molecule is O=C(Nc1ccc(SC2CC(=O)N(c3ccc(F)cc3)C2=O)cc1)/C(=C/c1ccccc1F)NC(=O)c1ccccc1. The summed E-state index contributed by atoms with van der Waals surface area (Å²) in [7, 11) is 0. The zero-order valence-electron chi connectivity index (χ0n) is 21.9. The van der Waals surface area contributed by atoms with Crippen LogP contribution in [0.1, 0.15) is 22.3 Å². The zero-order valence-corrected chi connectivity index (χ0v) is 22.7. The maximum Gasteiger partial charge on any atom is 0.272 e. The van der Waals surface area contributed by atoms with Gasteiger partial charge in [0.2, 0.25) is 11.8 Å². The Balaban J connectivity index is 1.28. The summed E-state index contributed by atoms with van der Waals surface area (Å²) in [4.78, 5) is 53.2. The Morgan fingerprint density at radius 2 is 1.50 bits per heavy atom. The van der Waals surface area contributed by atoms with Gasteiger partial charge in [0.25, 0.3) is 11.8 Å². The fraction of sp³-hybridized carbons (Fsp3) is 0.0625. The van der Waals surface area contributed by atoms with Crippen molar-refractivity contribution < 1.29 is 28.0 Å². The highest BCUT2D eigenvalue weighted by atomic mass is 32.2. The van der Waals surface area contributed by atoms with Gasteiger partial charge in [-0.15, -0.1) is 11.8 Å². The number of hydrogen-bond donors (Lipinski definition) is 2. The maximum absolute atomic E-state index is 14.3. The number of halogens is 2. The third-order valence-corrected chi connectivity index (χ3v) is 7.51. The predicted octanol–water partition coefficient (Wildman–Crippen LogP) is 5.80. The lowest BCUT2D eigenvalue weighted by atomic mass is 10.1. The van der Waals surface area contributed by atoms with Gasteiger partial charge in [0.05, 0.1) is 10.9 Å². The fourth-order valence-electron chi connectivity index (χ4n) is 4.23. The van der Waals surface area contributed by atoms with Gasteiger partial charge in [0.15, 0.2) is 0 Å². The van der Waals surface area contributed by atoms with Gasteiger partial charge in [0.1, 0.15) is 17.3 Å². The van der Waals surface area contributed by atoms with E-state index in [-0.39, 0.29) is 23.6 Å². The standard InChI is InChI=1S/C32H23F2N3O4S/c33-22-10-14-24(15-11-22)37-29(38)19-28(32(37)41)42-25-16-12-23(13-17-25)35-31(40)27(18-21-8-4-5-9-26(21)34)36-30(39)20-6-2-1-3-7-20/h1-18,28H,19H2,(H,35,40)(H,36,39)/b27-18-. The minimum Gasteiger partial charge on any atom is -0.321 e. The number of anilines is 2. The third-order valence-electron chi connectivity index (χ3n) is 6.31. The Bertz CT molecular complexity index is 1680. The number of carbonyl (C=O) groups excluding carboxylic acids is 4. The first kappa shape index (κ1) is 28.4. The molecule has 0 spiro atoms. The van der Waals surface area contributed by atoms with Crippen LogP contribution in [0.5, 0.6) is 0 Å². The van der Waals surface area contributed by atoms with Gasteiger partial charge in [-0.05, 0) is 72.8 Å². The van der Waals surface area contributed by atoms with Gasteiger partial charge < -0.3 is 10.6 Å². The zero-order chi connectivity index (χ0) is 29.6. The van der Waals surface area contributed by atoms with E-state index in [0.29, 0.717) is 21.8 Å². The van der Waals surface area contributed by atoms with E-state index >= 15 is 0 Å². The summed E-state index contributed by atoms with van der Waals surface area (Å²) >= 11 is 1.20. The van der Waals surface area contributed by atoms with Crippen LogP contribution in [0.3, 0.4) is 0 Å². The second kappa shape index (κ2) is 12.6. The molecule has 7 nitrogen and oxygen atoms in total. The first-order valence-corrected chi connectivity index (χ1v) is 13.7. The lowest BCUT2D eigenvalue weighted by Crippen LogP contribution is -2.31. The molecule has 5 rings (SSSR count). The molecule has 1 atom stereocenters. The molecule has 1 fully saturated rings. The van der Waals surface area contributed by atoms with Crippen molar-refractivity contribution in [2.45, 2.75) is 16.6 Å². The highest BCUT2D eigenvalue weighted by molar-refractivity contribution is 8.00. The van der Waals surface area contributed by atoms with E-state index in [1.807, 2.05) is 0 Å². The van der Waals surface area contributed by atoms with E-state index in [0.717, 1.165) is 4.90 Å². The van der Waals surface area contributed by atoms with E-state index in [1.165, 1.54) is 60.3 Å². The number of amides is 4. The van der Waals surface area contributed by atoms with E-state index in [2.05, 4.69) is 10.6 Å². The molecule has 1 saturated heterocycles. The van der Waals surface area contributed by atoms with E-state index in [4.69, 9.17) is 0 Å². The van der Waals surface area contributed by atoms with Crippen LogP contribution in [0.2, 0.25) is 0 Å². The number of benzene rings is 4. The van der Waals surface area contributed by atoms with Crippen LogP contribution in [0.15, 0.2) is 114 Å². The Labute approximate surface area is 244 Å². The van der Waals surface area contributed by atoms with Crippen molar-refractivity contribution in [2.75, 3.05) is 10.2 Å². The minimum absolute atomic E-state index is 0.00925. The molecule has 10 heteroatoms. The number of imide groups is 1. The molecule has 4 aromatic carbocycles. The molecular formula is C32H23F2N3O4S. The quantitative estimate of drug-likeness (QED) is 0.202. The predicted molar refractivity (Wildman–Crippen MR) is 157 cm³/mol. The molecule has 0 radical (unpaired) electrons. The molecule has 1 unspecified atom stereocenters. The maximum atomic E-state index is 14.3. The van der Waals surface area contributed by atoms with Crippen molar-refractivity contribution in [3.05, 3.63) is 132 Å². The highest BCUT2D eigenvalue weighted by Crippen LogP contribution is 2.34. The van der Waals surface area contributed by atoms with Crippen LogP contribution < -0.4 is 15.5 Å². The summed E-state index contributed by atoms with van der Waals surface area (Å²) in [6.07, 6.45) is 1.25. The average Bonchev–Trinajstić information content (AvgIpc) is 3.27. The molecule has 0 saturated carbocycles. The van der Waals surface area contributed by atoms with Gasteiger partial charge in [-0.3, -0.25) is 19.2 Å². The molecule has 1 heterocycles. The van der Waals surface area contributed by atoms with Gasteiger partial charge in [-0.1, -0.05) is 36.4 Å². The topological polar surface area (TPSA) is 95.6 Å². The molecule has 0 aromatic heterocycles. The number of carbonyl (C=O) groups is 4. The van der Waals surface area contributed by atoms with Gasteiger partial charge in [-0.2, -0.15) is 0 Å². The molecule has 4 amide bonds. The van der Waals surface area contributed by atoms with Crippen molar-refractivity contribution in [1.82, 2.24) is 5.32 Å². The summed E-state index contributed by atoms with van der Waals surface area (Å²) in [6, 6.07) is 25.9. The summed E-state index contributed by atoms with van der Waals surface area (Å²) in [5, 5.41) is 4.60. The second-order valence-electron chi connectivity index (χ2n) is 9.23. The van der Waals surface area contributed by atoms with E-state index in [1.54, 1.807) is 60.7 Å². The number of rotatable bonds is 8. The van der Waals surface area contributed by atoms with Crippen LogP contribution in [-0.2, 0) is 14.4 Å². The summed E-state index contributed by atoms with van der Waals surface area (Å²) in [6.45, 7) is 0. The smallest absolute Gasteiger partial charge is 0.272 e. The minimum atomic E-state index is -0.672. The van der Waals surface area contributed by atoms with Crippen molar-refractivity contribution in [1.29, 1.82) is 0 Å². The first-order valence-electron chi connectivity index (χ1n) is 12.8. The molecule has 210 valence electrons. The lowest BCUT2D eigenvalue weighted by Gasteiger charge is -2.15. The summed E-state index contributed by atoms with van der Waals surface area (Å²) in [5.41, 5.74) is 0.978. The number of nitrogens with zero attached hydrogens (tertiary/aromatic N) is 1. The van der Waals surface area contributed by atoms with E-state index in [9.17, 15) is 28.0 Å². The van der Waals surface area contributed by atoms with Crippen LogP contribution in [0.4, 0.5) is 20.2 Å². The second-order valence-corrected chi connectivity index (χ2v) is 10.5. The van der Waals surface area contributed by atoms with Crippen molar-refractivity contribution in [3.8, 4) is 0 Å². The molecule has 2 N–H and O–H groups in total. The van der Waals surface area contributed by atoms with Crippen LogP contribution >= 0.6 is 11.8 Å². The number of hydrogen-bond acceptors (Lipinski definition) is 5. The normalized spacial score (nSPS) is 15.0. The molecule has 4 aromatic rings. The van der Waals surface area contributed by atoms with Gasteiger partial charge >= 0.3 is 0 Å². The lowest BCUT2D eigenvalue weighted by molar-refractivity contribution is -0.121. The van der Waals surface area contributed by atoms with Crippen molar-refractivity contribution >= 4 is 52.8 Å². The van der Waals surface area contributed by atoms with Crippen LogP contribution in [0, 0.1) is 11.6 Å². The third kappa shape index (κ3) is 6.61. The van der Waals surface area contributed by atoms with Gasteiger partial charge in [0, 0.05) is 28.1 Å². The number of nitrogens with one attached hydrogen (secondary N) is 2. The summed E-state index contributed by atoms with van der Waals surface area (Å²) < 4.78 is 27.6. The summed E-state index contributed by atoms with van der Waals surface area (Å²) in [5.74, 6) is -3.01. The molecular weight excluding hydrogens is 560 g/mol. The van der Waals surface area contributed by atoms with E-state index < -0.39 is 34.6 Å². The fourth-order valence-corrected chi connectivity index (χ4v) is 5.28. The molecule has 1 aliphatic heterocycles. The monoisotopic (exact) mass is 583 g/mol. The average molecular weight is 584 g/mol. The number of thioether (sulfide) groups is 1. The first-order chi connectivity index (χ1) is 20.3. The van der Waals surface area contributed by atoms with Crippen LogP contribution in [0.25, 0.3) is 6.08 Å². The highest BCUT2D eigenvalue weighted by Gasteiger charge is 2.40. The molecule has 0 bridgehead atoms. The molecule has 1 aliphatic rings. The van der Waals surface area contributed by atoms with Gasteiger partial charge in [-0.25, -0.2) is 13.7 Å².